The summed E-state index contributed by atoms with van der Waals surface area (Å²) in [6, 6.07) is 10.7. The molecule has 0 aliphatic heterocycles. The number of carbonyl (C=O) groups excluding carboxylic acids is 1. The summed E-state index contributed by atoms with van der Waals surface area (Å²) in [7, 11) is -3.44. The Bertz CT molecular complexity index is 792. The van der Waals surface area contributed by atoms with Crippen LogP contribution in [0.5, 0.6) is 0 Å². The van der Waals surface area contributed by atoms with Crippen LogP contribution >= 0.6 is 0 Å². The second-order valence-electron chi connectivity index (χ2n) is 5.31. The second kappa shape index (κ2) is 7.92. The molecule has 128 valence electrons. The number of hydrogen-bond acceptors (Lipinski definition) is 4. The summed E-state index contributed by atoms with van der Waals surface area (Å²) in [4.78, 5) is 15.9. The average Bonchev–Trinajstić information content (AvgIpc) is 2.58. The predicted octanol–water partition coefficient (Wildman–Crippen LogP) is 1.84. The number of nitrogens with zero attached hydrogens (tertiary/aromatic N) is 2. The molecule has 1 aromatic carbocycles. The zero-order valence-corrected chi connectivity index (χ0v) is 14.6. The Morgan fingerprint density at radius 3 is 2.58 bits per heavy atom. The van der Waals surface area contributed by atoms with E-state index in [1.54, 1.807) is 30.5 Å². The molecule has 1 N–H and O–H groups in total. The smallest absolute Gasteiger partial charge is 0.252 e. The third-order valence-corrected chi connectivity index (χ3v) is 4.75. The van der Waals surface area contributed by atoms with Crippen molar-refractivity contribution in [1.29, 1.82) is 0 Å². The summed E-state index contributed by atoms with van der Waals surface area (Å²) in [5, 5.41) is 2.72. The van der Waals surface area contributed by atoms with Gasteiger partial charge in [0.25, 0.3) is 5.91 Å². The van der Waals surface area contributed by atoms with Gasteiger partial charge in [-0.1, -0.05) is 25.1 Å². The summed E-state index contributed by atoms with van der Waals surface area (Å²) in [6.45, 7) is 2.35. The number of carbonyl (C=O) groups is 1. The molecule has 0 aliphatic rings. The summed E-state index contributed by atoms with van der Waals surface area (Å²) < 4.78 is 25.6. The Kier molecular flexibility index (Phi) is 5.92. The molecule has 0 saturated carbocycles. The van der Waals surface area contributed by atoms with Gasteiger partial charge in [0.2, 0.25) is 10.0 Å². The quantitative estimate of drug-likeness (QED) is 0.829. The molecule has 0 aliphatic carbocycles. The van der Waals surface area contributed by atoms with Crippen molar-refractivity contribution in [1.82, 2.24) is 10.3 Å². The van der Waals surface area contributed by atoms with Crippen LogP contribution < -0.4 is 9.62 Å². The van der Waals surface area contributed by atoms with Crippen LogP contribution in [-0.2, 0) is 16.4 Å². The Balaban J connectivity index is 2.10. The minimum Gasteiger partial charge on any atom is -0.350 e. The van der Waals surface area contributed by atoms with Gasteiger partial charge in [0.05, 0.1) is 24.1 Å². The Hall–Kier alpha value is -2.41. The molecule has 0 unspecified atom stereocenters. The van der Waals surface area contributed by atoms with Crippen molar-refractivity contribution >= 4 is 21.6 Å². The van der Waals surface area contributed by atoms with Crippen LogP contribution in [0.2, 0.25) is 0 Å². The largest absolute Gasteiger partial charge is 0.350 e. The number of amides is 1. The molecule has 1 aromatic heterocycles. The molecule has 0 atom stereocenters. The van der Waals surface area contributed by atoms with E-state index >= 15 is 0 Å². The number of pyridine rings is 1. The van der Waals surface area contributed by atoms with Crippen molar-refractivity contribution in [2.45, 2.75) is 13.3 Å². The standard InChI is InChI=1S/C17H21N3O3S/c1-3-14-7-4-5-9-16(14)20(24(2,22)23)12-11-19-17(21)15-8-6-10-18-13-15/h4-10,13H,3,11-12H2,1-2H3,(H,19,21). The van der Waals surface area contributed by atoms with Crippen LogP contribution in [0.15, 0.2) is 48.8 Å². The molecular weight excluding hydrogens is 326 g/mol. The molecule has 0 spiro atoms. The summed E-state index contributed by atoms with van der Waals surface area (Å²) in [6.07, 6.45) is 4.95. The van der Waals surface area contributed by atoms with Gasteiger partial charge in [-0.3, -0.25) is 14.1 Å². The maximum Gasteiger partial charge on any atom is 0.252 e. The Labute approximate surface area is 142 Å². The highest BCUT2D eigenvalue weighted by Crippen LogP contribution is 2.22. The number of benzene rings is 1. The summed E-state index contributed by atoms with van der Waals surface area (Å²) >= 11 is 0. The molecule has 0 radical (unpaired) electrons. The van der Waals surface area contributed by atoms with Gasteiger partial charge in [0.15, 0.2) is 0 Å². The normalized spacial score (nSPS) is 11.1. The van der Waals surface area contributed by atoms with Crippen molar-refractivity contribution in [2.24, 2.45) is 0 Å². The third-order valence-electron chi connectivity index (χ3n) is 3.57. The van der Waals surface area contributed by atoms with Crippen molar-refractivity contribution in [2.75, 3.05) is 23.7 Å². The number of anilines is 1. The van der Waals surface area contributed by atoms with Crippen LogP contribution in [0, 0.1) is 0 Å². The molecule has 0 saturated heterocycles. The van der Waals surface area contributed by atoms with E-state index in [-0.39, 0.29) is 19.0 Å². The zero-order chi connectivity index (χ0) is 17.6. The van der Waals surface area contributed by atoms with E-state index in [4.69, 9.17) is 0 Å². The van der Waals surface area contributed by atoms with Gasteiger partial charge in [-0.25, -0.2) is 8.42 Å². The van der Waals surface area contributed by atoms with E-state index < -0.39 is 10.0 Å². The first-order chi connectivity index (χ1) is 11.4. The number of hydrogen-bond donors (Lipinski definition) is 1. The highest BCUT2D eigenvalue weighted by Gasteiger charge is 2.19. The SMILES string of the molecule is CCc1ccccc1N(CCNC(=O)c1cccnc1)S(C)(=O)=O. The highest BCUT2D eigenvalue weighted by atomic mass is 32.2. The van der Waals surface area contributed by atoms with Gasteiger partial charge >= 0.3 is 0 Å². The fourth-order valence-electron chi connectivity index (χ4n) is 2.39. The number of aromatic nitrogens is 1. The predicted molar refractivity (Wildman–Crippen MR) is 94.6 cm³/mol. The first kappa shape index (κ1) is 17.9. The summed E-state index contributed by atoms with van der Waals surface area (Å²) in [5.74, 6) is -0.277. The van der Waals surface area contributed by atoms with Gasteiger partial charge < -0.3 is 5.32 Å². The first-order valence-electron chi connectivity index (χ1n) is 7.67. The van der Waals surface area contributed by atoms with Crippen LogP contribution in [0.4, 0.5) is 5.69 Å². The Morgan fingerprint density at radius 1 is 1.21 bits per heavy atom. The maximum atomic E-state index is 12.1. The van der Waals surface area contributed by atoms with Gasteiger partial charge in [-0.2, -0.15) is 0 Å². The number of rotatable bonds is 7. The zero-order valence-electron chi connectivity index (χ0n) is 13.8. The van der Waals surface area contributed by atoms with Crippen molar-refractivity contribution in [3.05, 3.63) is 59.9 Å². The number of sulfonamides is 1. The van der Waals surface area contributed by atoms with Crippen LogP contribution in [0.3, 0.4) is 0 Å². The van der Waals surface area contributed by atoms with Gasteiger partial charge in [0.1, 0.15) is 0 Å². The minimum absolute atomic E-state index is 0.169. The van der Waals surface area contributed by atoms with E-state index in [1.165, 1.54) is 16.8 Å². The van der Waals surface area contributed by atoms with E-state index in [0.717, 1.165) is 12.0 Å². The van der Waals surface area contributed by atoms with Crippen LogP contribution in [-0.4, -0.2) is 38.7 Å². The van der Waals surface area contributed by atoms with E-state index in [2.05, 4.69) is 10.3 Å². The molecule has 24 heavy (non-hydrogen) atoms. The lowest BCUT2D eigenvalue weighted by Crippen LogP contribution is -2.38. The van der Waals surface area contributed by atoms with Crippen molar-refractivity contribution in [3.8, 4) is 0 Å². The van der Waals surface area contributed by atoms with Crippen LogP contribution in [0.1, 0.15) is 22.8 Å². The fourth-order valence-corrected chi connectivity index (χ4v) is 3.35. The molecule has 6 nitrogen and oxygen atoms in total. The van der Waals surface area contributed by atoms with Crippen molar-refractivity contribution in [3.63, 3.8) is 0 Å². The molecule has 1 amide bonds. The monoisotopic (exact) mass is 347 g/mol. The topological polar surface area (TPSA) is 79.4 Å². The van der Waals surface area contributed by atoms with Crippen LogP contribution in [0.25, 0.3) is 0 Å². The fraction of sp³-hybridized carbons (Fsp3) is 0.294. The maximum absolute atomic E-state index is 12.1. The molecule has 7 heteroatoms. The second-order valence-corrected chi connectivity index (χ2v) is 7.22. The van der Waals surface area contributed by atoms with Gasteiger partial charge in [-0.15, -0.1) is 0 Å². The van der Waals surface area contributed by atoms with E-state index in [1.807, 2.05) is 19.1 Å². The molecular formula is C17H21N3O3S. The molecule has 2 aromatic rings. The summed E-state index contributed by atoms with van der Waals surface area (Å²) in [5.41, 5.74) is 2.04. The number of aryl methyl sites for hydroxylation is 1. The number of para-hydroxylation sites is 1. The van der Waals surface area contributed by atoms with Crippen molar-refractivity contribution < 1.29 is 13.2 Å². The minimum atomic E-state index is -3.44. The Morgan fingerprint density at radius 2 is 1.96 bits per heavy atom. The van der Waals surface area contributed by atoms with E-state index in [0.29, 0.717) is 11.3 Å². The lowest BCUT2D eigenvalue weighted by Gasteiger charge is -2.24. The molecule has 0 bridgehead atoms. The average molecular weight is 347 g/mol. The molecule has 1 heterocycles. The van der Waals surface area contributed by atoms with E-state index in [9.17, 15) is 13.2 Å². The lowest BCUT2D eigenvalue weighted by molar-refractivity contribution is 0.0954. The third kappa shape index (κ3) is 4.55. The highest BCUT2D eigenvalue weighted by molar-refractivity contribution is 7.92. The number of nitrogens with one attached hydrogen (secondary N) is 1. The molecule has 2 rings (SSSR count). The van der Waals surface area contributed by atoms with Gasteiger partial charge in [0, 0.05) is 18.9 Å². The molecule has 0 fully saturated rings. The lowest BCUT2D eigenvalue weighted by atomic mass is 10.1. The van der Waals surface area contributed by atoms with Gasteiger partial charge in [-0.05, 0) is 30.2 Å². The first-order valence-corrected chi connectivity index (χ1v) is 9.52.